The molecule has 1 aliphatic carbocycles. The highest BCUT2D eigenvalue weighted by atomic mass is 16.4. The third-order valence-corrected chi connectivity index (χ3v) is 2.50. The molecule has 0 heterocycles. The minimum atomic E-state index is -0.890. The molecule has 0 spiro atoms. The lowest BCUT2D eigenvalue weighted by atomic mass is 10.0. The van der Waals surface area contributed by atoms with Gasteiger partial charge in [-0.3, -0.25) is 9.59 Å². The van der Waals surface area contributed by atoms with Gasteiger partial charge < -0.3 is 10.4 Å². The number of nitrogens with one attached hydrogen (secondary N) is 1. The summed E-state index contributed by atoms with van der Waals surface area (Å²) in [6.07, 6.45) is 0.884. The molecule has 4 heteroatoms. The zero-order valence-electron chi connectivity index (χ0n) is 8.83. The topological polar surface area (TPSA) is 66.4 Å². The number of rotatable bonds is 4. The minimum absolute atomic E-state index is 0.0104. The van der Waals surface area contributed by atoms with E-state index < -0.39 is 11.5 Å². The fraction of sp³-hybridized carbons (Fsp3) is 0.800. The molecule has 4 nitrogen and oxygen atoms in total. The Balaban J connectivity index is 2.41. The first kappa shape index (κ1) is 11.0. The summed E-state index contributed by atoms with van der Waals surface area (Å²) >= 11 is 0. The summed E-state index contributed by atoms with van der Waals surface area (Å²) in [4.78, 5) is 22.0. The lowest BCUT2D eigenvalue weighted by molar-refractivity contribution is -0.138. The number of amides is 1. The molecule has 0 saturated heterocycles. The summed E-state index contributed by atoms with van der Waals surface area (Å²) in [5.74, 6) is -0.346. The second kappa shape index (κ2) is 3.59. The van der Waals surface area contributed by atoms with E-state index in [0.29, 0.717) is 5.92 Å². The first-order chi connectivity index (χ1) is 6.32. The van der Waals surface area contributed by atoms with E-state index in [1.807, 2.05) is 6.92 Å². The Morgan fingerprint density at radius 1 is 1.50 bits per heavy atom. The molecule has 1 rings (SSSR count). The van der Waals surface area contributed by atoms with Crippen LogP contribution in [-0.4, -0.2) is 22.5 Å². The van der Waals surface area contributed by atoms with Gasteiger partial charge in [-0.15, -0.1) is 0 Å². The molecular weight excluding hydrogens is 182 g/mol. The first-order valence-electron chi connectivity index (χ1n) is 4.85. The van der Waals surface area contributed by atoms with Crippen LogP contribution in [0.2, 0.25) is 0 Å². The maximum atomic E-state index is 11.5. The predicted molar refractivity (Wildman–Crippen MR) is 51.7 cm³/mol. The van der Waals surface area contributed by atoms with Crippen molar-refractivity contribution in [2.24, 2.45) is 11.8 Å². The Morgan fingerprint density at radius 2 is 2.00 bits per heavy atom. The highest BCUT2D eigenvalue weighted by molar-refractivity contribution is 5.82. The smallest absolute Gasteiger partial charge is 0.305 e. The Morgan fingerprint density at radius 3 is 2.36 bits per heavy atom. The molecule has 0 aromatic rings. The van der Waals surface area contributed by atoms with Crippen LogP contribution in [0.3, 0.4) is 0 Å². The maximum absolute atomic E-state index is 11.5. The number of hydrogen-bond donors (Lipinski definition) is 2. The van der Waals surface area contributed by atoms with Gasteiger partial charge in [0.1, 0.15) is 0 Å². The van der Waals surface area contributed by atoms with Gasteiger partial charge >= 0.3 is 5.97 Å². The van der Waals surface area contributed by atoms with Gasteiger partial charge in [-0.25, -0.2) is 0 Å². The van der Waals surface area contributed by atoms with E-state index in [2.05, 4.69) is 5.32 Å². The van der Waals surface area contributed by atoms with Crippen molar-refractivity contribution in [3.8, 4) is 0 Å². The Labute approximate surface area is 83.7 Å². The monoisotopic (exact) mass is 199 g/mol. The number of hydrogen-bond acceptors (Lipinski definition) is 2. The normalized spacial score (nSPS) is 25.6. The zero-order chi connectivity index (χ0) is 10.9. The van der Waals surface area contributed by atoms with Gasteiger partial charge in [0.05, 0.1) is 6.42 Å². The number of carboxylic acids is 1. The molecule has 2 unspecified atom stereocenters. The number of carbonyl (C=O) groups excluding carboxylic acids is 1. The van der Waals surface area contributed by atoms with Crippen LogP contribution >= 0.6 is 0 Å². The standard InChI is InChI=1S/C10H17NO3/c1-6-4-7(6)9(14)11-10(2,3)5-8(12)13/h6-7H,4-5H2,1-3H3,(H,11,14)(H,12,13). The van der Waals surface area contributed by atoms with E-state index >= 15 is 0 Å². The van der Waals surface area contributed by atoms with Crippen LogP contribution in [0.5, 0.6) is 0 Å². The van der Waals surface area contributed by atoms with Gasteiger partial charge in [-0.05, 0) is 26.2 Å². The van der Waals surface area contributed by atoms with Crippen LogP contribution in [0.4, 0.5) is 0 Å². The molecular formula is C10H17NO3. The van der Waals surface area contributed by atoms with E-state index in [4.69, 9.17) is 5.11 Å². The van der Waals surface area contributed by atoms with Gasteiger partial charge in [0.25, 0.3) is 0 Å². The van der Waals surface area contributed by atoms with Crippen molar-refractivity contribution in [3.63, 3.8) is 0 Å². The van der Waals surface area contributed by atoms with Crippen molar-refractivity contribution < 1.29 is 14.7 Å². The SMILES string of the molecule is CC1CC1C(=O)NC(C)(C)CC(=O)O. The van der Waals surface area contributed by atoms with Crippen molar-refractivity contribution in [1.29, 1.82) is 0 Å². The summed E-state index contributed by atoms with van der Waals surface area (Å²) < 4.78 is 0. The Hall–Kier alpha value is -1.06. The highest BCUT2D eigenvalue weighted by Crippen LogP contribution is 2.38. The van der Waals surface area contributed by atoms with Crippen molar-refractivity contribution in [1.82, 2.24) is 5.32 Å². The Bertz CT molecular complexity index is 260. The van der Waals surface area contributed by atoms with E-state index in [1.54, 1.807) is 13.8 Å². The zero-order valence-corrected chi connectivity index (χ0v) is 8.83. The minimum Gasteiger partial charge on any atom is -0.481 e. The largest absolute Gasteiger partial charge is 0.481 e. The highest BCUT2D eigenvalue weighted by Gasteiger charge is 2.40. The molecule has 2 N–H and O–H groups in total. The third kappa shape index (κ3) is 3.01. The molecule has 1 saturated carbocycles. The van der Waals surface area contributed by atoms with Gasteiger partial charge in [0, 0.05) is 11.5 Å². The van der Waals surface area contributed by atoms with Crippen molar-refractivity contribution >= 4 is 11.9 Å². The van der Waals surface area contributed by atoms with E-state index in [0.717, 1.165) is 6.42 Å². The molecule has 0 bridgehead atoms. The molecule has 0 aromatic carbocycles. The van der Waals surface area contributed by atoms with Gasteiger partial charge in [0.15, 0.2) is 0 Å². The summed E-state index contributed by atoms with van der Waals surface area (Å²) in [7, 11) is 0. The number of aliphatic carboxylic acids is 1. The van der Waals surface area contributed by atoms with Crippen LogP contribution in [-0.2, 0) is 9.59 Å². The predicted octanol–water partition coefficient (Wildman–Crippen LogP) is 1.01. The molecule has 80 valence electrons. The average Bonchev–Trinajstić information content (AvgIpc) is 2.61. The summed E-state index contributed by atoms with van der Waals surface area (Å²) in [5.41, 5.74) is -0.648. The average molecular weight is 199 g/mol. The molecule has 1 aliphatic rings. The number of carboxylic acid groups (broad SMARTS) is 1. The van der Waals surface area contributed by atoms with Crippen molar-refractivity contribution in [2.75, 3.05) is 0 Å². The maximum Gasteiger partial charge on any atom is 0.305 e. The van der Waals surface area contributed by atoms with E-state index in [9.17, 15) is 9.59 Å². The number of carbonyl (C=O) groups is 2. The van der Waals surface area contributed by atoms with Crippen LogP contribution in [0.1, 0.15) is 33.6 Å². The molecule has 14 heavy (non-hydrogen) atoms. The van der Waals surface area contributed by atoms with Gasteiger partial charge in [-0.1, -0.05) is 6.92 Å². The molecule has 1 amide bonds. The van der Waals surface area contributed by atoms with Gasteiger partial charge in [-0.2, -0.15) is 0 Å². The molecule has 2 atom stereocenters. The fourth-order valence-electron chi connectivity index (χ4n) is 1.54. The quantitative estimate of drug-likeness (QED) is 0.710. The molecule has 0 aromatic heterocycles. The fourth-order valence-corrected chi connectivity index (χ4v) is 1.54. The molecule has 0 radical (unpaired) electrons. The van der Waals surface area contributed by atoms with Crippen molar-refractivity contribution in [3.05, 3.63) is 0 Å². The lowest BCUT2D eigenvalue weighted by Gasteiger charge is -2.24. The van der Waals surface area contributed by atoms with E-state index in [-0.39, 0.29) is 18.2 Å². The molecule has 0 aliphatic heterocycles. The summed E-state index contributed by atoms with van der Waals surface area (Å²) in [6.45, 7) is 5.48. The summed E-state index contributed by atoms with van der Waals surface area (Å²) in [5, 5.41) is 11.4. The third-order valence-electron chi connectivity index (χ3n) is 2.50. The second-order valence-electron chi connectivity index (χ2n) is 4.76. The van der Waals surface area contributed by atoms with Crippen LogP contribution in [0, 0.1) is 11.8 Å². The summed E-state index contributed by atoms with van der Waals surface area (Å²) in [6, 6.07) is 0. The first-order valence-corrected chi connectivity index (χ1v) is 4.85. The van der Waals surface area contributed by atoms with Crippen LogP contribution in [0.15, 0.2) is 0 Å². The van der Waals surface area contributed by atoms with Crippen LogP contribution < -0.4 is 5.32 Å². The van der Waals surface area contributed by atoms with Crippen molar-refractivity contribution in [2.45, 2.75) is 39.2 Å². The lowest BCUT2D eigenvalue weighted by Crippen LogP contribution is -2.45. The van der Waals surface area contributed by atoms with E-state index in [1.165, 1.54) is 0 Å². The Kier molecular flexibility index (Phi) is 2.83. The van der Waals surface area contributed by atoms with Gasteiger partial charge in [0.2, 0.25) is 5.91 Å². The van der Waals surface area contributed by atoms with Crippen LogP contribution in [0.25, 0.3) is 0 Å². The molecule has 1 fully saturated rings. The second-order valence-corrected chi connectivity index (χ2v) is 4.76.